The minimum absolute atomic E-state index is 0.585. The van der Waals surface area contributed by atoms with Crippen molar-refractivity contribution in [3.8, 4) is 11.3 Å². The van der Waals surface area contributed by atoms with Crippen LogP contribution in [0.25, 0.3) is 11.3 Å². The summed E-state index contributed by atoms with van der Waals surface area (Å²) in [7, 11) is 0. The highest BCUT2D eigenvalue weighted by molar-refractivity contribution is 6.33. The first-order valence-electron chi connectivity index (χ1n) is 9.06. The van der Waals surface area contributed by atoms with Gasteiger partial charge in [-0.25, -0.2) is 0 Å². The van der Waals surface area contributed by atoms with Crippen LogP contribution < -0.4 is 5.32 Å². The number of nitrogens with zero attached hydrogens (tertiary/aromatic N) is 2. The van der Waals surface area contributed by atoms with Gasteiger partial charge < -0.3 is 5.32 Å². The Balaban J connectivity index is 1.40. The summed E-state index contributed by atoms with van der Waals surface area (Å²) in [5.74, 6) is 0.585. The number of halogens is 1. The number of piperidine rings is 2. The average molecular weight is 345 g/mol. The van der Waals surface area contributed by atoms with E-state index < -0.39 is 0 Å². The summed E-state index contributed by atoms with van der Waals surface area (Å²) in [6.45, 7) is 4.73. The van der Waals surface area contributed by atoms with Gasteiger partial charge in [0.2, 0.25) is 0 Å². The molecule has 5 heteroatoms. The van der Waals surface area contributed by atoms with Crippen LogP contribution in [0.4, 0.5) is 0 Å². The van der Waals surface area contributed by atoms with Crippen molar-refractivity contribution in [3.63, 3.8) is 0 Å². The molecule has 1 aromatic carbocycles. The third-order valence-corrected chi connectivity index (χ3v) is 5.83. The first-order chi connectivity index (χ1) is 11.8. The highest BCUT2D eigenvalue weighted by Crippen LogP contribution is 2.32. The fourth-order valence-electron chi connectivity index (χ4n) is 4.07. The number of nitrogens with one attached hydrogen (secondary N) is 2. The van der Waals surface area contributed by atoms with Crippen molar-refractivity contribution in [1.29, 1.82) is 0 Å². The molecule has 4 nitrogen and oxygen atoms in total. The molecule has 0 amide bonds. The molecule has 128 valence electrons. The standard InChI is InChI=1S/C19H25ClN4/c20-17-6-2-1-5-16(17)19-12-18(22-23-19)14-7-10-24(11-8-14)15-4-3-9-21-13-15/h1-2,5-6,12,14-15,21H,3-4,7-11,13H2,(H,22,23)/t15-/m1/s1. The van der Waals surface area contributed by atoms with Gasteiger partial charge in [-0.3, -0.25) is 10.00 Å². The number of aromatic amines is 1. The molecule has 4 rings (SSSR count). The Morgan fingerprint density at radius 1 is 1.12 bits per heavy atom. The highest BCUT2D eigenvalue weighted by atomic mass is 35.5. The summed E-state index contributed by atoms with van der Waals surface area (Å²) in [5.41, 5.74) is 3.22. The molecule has 0 spiro atoms. The molecule has 1 atom stereocenters. The molecule has 1 aromatic heterocycles. The lowest BCUT2D eigenvalue weighted by molar-refractivity contribution is 0.129. The van der Waals surface area contributed by atoms with Crippen LogP contribution >= 0.6 is 11.6 Å². The van der Waals surface area contributed by atoms with Crippen molar-refractivity contribution in [2.75, 3.05) is 26.2 Å². The van der Waals surface area contributed by atoms with Gasteiger partial charge in [-0.1, -0.05) is 29.8 Å². The number of H-pyrrole nitrogens is 1. The molecular formula is C19H25ClN4. The predicted octanol–water partition coefficient (Wildman–Crippen LogP) is 3.66. The molecule has 0 radical (unpaired) electrons. The first-order valence-corrected chi connectivity index (χ1v) is 9.44. The Kier molecular flexibility index (Phi) is 4.88. The second-order valence-electron chi connectivity index (χ2n) is 7.00. The lowest BCUT2D eigenvalue weighted by atomic mass is 9.91. The molecule has 2 N–H and O–H groups in total. The number of aromatic nitrogens is 2. The summed E-state index contributed by atoms with van der Waals surface area (Å²) in [6.07, 6.45) is 5.08. The number of rotatable bonds is 3. The van der Waals surface area contributed by atoms with Gasteiger partial charge in [-0.15, -0.1) is 0 Å². The summed E-state index contributed by atoms with van der Waals surface area (Å²) < 4.78 is 0. The van der Waals surface area contributed by atoms with Crippen molar-refractivity contribution >= 4 is 11.6 Å². The molecular weight excluding hydrogens is 320 g/mol. The number of hydrogen-bond donors (Lipinski definition) is 2. The Morgan fingerprint density at radius 3 is 2.71 bits per heavy atom. The lowest BCUT2D eigenvalue weighted by Gasteiger charge is -2.39. The minimum Gasteiger partial charge on any atom is -0.315 e. The van der Waals surface area contributed by atoms with E-state index in [9.17, 15) is 0 Å². The molecule has 2 aromatic rings. The van der Waals surface area contributed by atoms with E-state index in [1.54, 1.807) is 0 Å². The van der Waals surface area contributed by atoms with Crippen molar-refractivity contribution in [2.45, 2.75) is 37.6 Å². The van der Waals surface area contributed by atoms with Gasteiger partial charge in [0.15, 0.2) is 0 Å². The number of hydrogen-bond acceptors (Lipinski definition) is 3. The molecule has 0 aliphatic carbocycles. The van der Waals surface area contributed by atoms with Gasteiger partial charge >= 0.3 is 0 Å². The Labute approximate surface area is 148 Å². The van der Waals surface area contributed by atoms with Gasteiger partial charge in [-0.05, 0) is 57.5 Å². The molecule has 0 unspecified atom stereocenters. The van der Waals surface area contributed by atoms with E-state index in [1.807, 2.05) is 24.3 Å². The molecule has 2 aliphatic rings. The predicted molar refractivity (Wildman–Crippen MR) is 98.5 cm³/mol. The molecule has 0 bridgehead atoms. The lowest BCUT2D eigenvalue weighted by Crippen LogP contribution is -2.48. The van der Waals surface area contributed by atoms with E-state index in [-0.39, 0.29) is 0 Å². The fourth-order valence-corrected chi connectivity index (χ4v) is 4.31. The third kappa shape index (κ3) is 3.37. The van der Waals surface area contributed by atoms with Crippen LogP contribution in [0.1, 0.15) is 37.3 Å². The summed E-state index contributed by atoms with van der Waals surface area (Å²) in [4.78, 5) is 2.67. The first kappa shape index (κ1) is 16.1. The second kappa shape index (κ2) is 7.26. The zero-order valence-corrected chi connectivity index (χ0v) is 14.7. The van der Waals surface area contributed by atoms with Crippen LogP contribution in [0.3, 0.4) is 0 Å². The Morgan fingerprint density at radius 2 is 1.96 bits per heavy atom. The summed E-state index contributed by atoms with van der Waals surface area (Å²) >= 11 is 6.29. The third-order valence-electron chi connectivity index (χ3n) is 5.50. The Bertz CT molecular complexity index is 670. The quantitative estimate of drug-likeness (QED) is 0.893. The number of likely N-dealkylation sites (tertiary alicyclic amines) is 1. The molecule has 2 fully saturated rings. The van der Waals surface area contributed by atoms with E-state index in [2.05, 4.69) is 26.5 Å². The maximum atomic E-state index is 6.29. The number of benzene rings is 1. The second-order valence-corrected chi connectivity index (χ2v) is 7.41. The average Bonchev–Trinajstić information content (AvgIpc) is 3.13. The summed E-state index contributed by atoms with van der Waals surface area (Å²) in [5, 5.41) is 12.0. The van der Waals surface area contributed by atoms with Gasteiger partial charge in [0.1, 0.15) is 0 Å². The van der Waals surface area contributed by atoms with Crippen LogP contribution in [-0.2, 0) is 0 Å². The molecule has 24 heavy (non-hydrogen) atoms. The molecule has 0 saturated carbocycles. The van der Waals surface area contributed by atoms with Gasteiger partial charge in [0.05, 0.1) is 10.7 Å². The SMILES string of the molecule is Clc1ccccc1-c1cc(C2CCN([C@@H]3CCCNC3)CC2)[nH]n1. The van der Waals surface area contributed by atoms with E-state index in [0.717, 1.165) is 28.9 Å². The topological polar surface area (TPSA) is 44.0 Å². The Hall–Kier alpha value is -1.36. The van der Waals surface area contributed by atoms with Crippen LogP contribution in [-0.4, -0.2) is 47.3 Å². The van der Waals surface area contributed by atoms with Gasteiger partial charge in [0.25, 0.3) is 0 Å². The largest absolute Gasteiger partial charge is 0.315 e. The van der Waals surface area contributed by atoms with Gasteiger partial charge in [-0.2, -0.15) is 5.10 Å². The smallest absolute Gasteiger partial charge is 0.0938 e. The van der Waals surface area contributed by atoms with Crippen molar-refractivity contribution in [2.24, 2.45) is 0 Å². The van der Waals surface area contributed by atoms with Gasteiger partial charge in [0, 0.05) is 29.8 Å². The van der Waals surface area contributed by atoms with Crippen LogP contribution in [0, 0.1) is 0 Å². The molecule has 2 saturated heterocycles. The minimum atomic E-state index is 0.585. The van der Waals surface area contributed by atoms with E-state index in [4.69, 9.17) is 11.6 Å². The fraction of sp³-hybridized carbons (Fsp3) is 0.526. The van der Waals surface area contributed by atoms with E-state index >= 15 is 0 Å². The maximum absolute atomic E-state index is 6.29. The maximum Gasteiger partial charge on any atom is 0.0938 e. The zero-order valence-electron chi connectivity index (χ0n) is 14.0. The monoisotopic (exact) mass is 344 g/mol. The molecule has 2 aliphatic heterocycles. The van der Waals surface area contributed by atoms with E-state index in [1.165, 1.54) is 51.0 Å². The normalized spacial score (nSPS) is 23.5. The van der Waals surface area contributed by atoms with E-state index in [0.29, 0.717) is 5.92 Å². The van der Waals surface area contributed by atoms with Crippen LogP contribution in [0.5, 0.6) is 0 Å². The zero-order chi connectivity index (χ0) is 16.4. The highest BCUT2D eigenvalue weighted by Gasteiger charge is 2.27. The van der Waals surface area contributed by atoms with Crippen molar-refractivity contribution in [3.05, 3.63) is 41.0 Å². The summed E-state index contributed by atoms with van der Waals surface area (Å²) in [6, 6.07) is 10.8. The molecule has 3 heterocycles. The van der Waals surface area contributed by atoms with Crippen LogP contribution in [0.15, 0.2) is 30.3 Å². The van der Waals surface area contributed by atoms with Crippen molar-refractivity contribution < 1.29 is 0 Å². The van der Waals surface area contributed by atoms with Crippen molar-refractivity contribution in [1.82, 2.24) is 20.4 Å². The van der Waals surface area contributed by atoms with Crippen LogP contribution in [0.2, 0.25) is 5.02 Å².